The minimum absolute atomic E-state index is 0.0544. The number of fused-ring (bicyclic) bond motifs is 1. The van der Waals surface area contributed by atoms with E-state index in [1.165, 1.54) is 25.3 Å². The number of benzene rings is 1. The van der Waals surface area contributed by atoms with Gasteiger partial charge >= 0.3 is 5.97 Å². The van der Waals surface area contributed by atoms with Crippen molar-refractivity contribution in [1.29, 1.82) is 0 Å². The molecule has 0 saturated carbocycles. The number of esters is 1. The number of H-pyrrole nitrogens is 1. The zero-order chi connectivity index (χ0) is 16.7. The lowest BCUT2D eigenvalue weighted by Crippen LogP contribution is -2.30. The van der Waals surface area contributed by atoms with Crippen LogP contribution in [0, 0.1) is 10.1 Å². The number of carbonyl (C=O) groups is 2. The Bertz CT molecular complexity index is 695. The van der Waals surface area contributed by atoms with Gasteiger partial charge in [-0.1, -0.05) is 13.8 Å². The van der Waals surface area contributed by atoms with Crippen LogP contribution in [0.15, 0.2) is 18.2 Å². The molecule has 1 aromatic carbocycles. The summed E-state index contributed by atoms with van der Waals surface area (Å²) >= 11 is 0. The Balaban J connectivity index is 0.00000116. The van der Waals surface area contributed by atoms with Gasteiger partial charge in [-0.15, -0.1) is 0 Å². The molecule has 22 heavy (non-hydrogen) atoms. The Kier molecular flexibility index (Phi) is 5.99. The molecule has 0 unspecified atom stereocenters. The van der Waals surface area contributed by atoms with Gasteiger partial charge < -0.3 is 10.1 Å². The molecule has 0 fully saturated rings. The van der Waals surface area contributed by atoms with Crippen molar-refractivity contribution >= 4 is 28.5 Å². The van der Waals surface area contributed by atoms with Crippen molar-refractivity contribution in [3.05, 3.63) is 34.0 Å². The summed E-state index contributed by atoms with van der Waals surface area (Å²) in [7, 11) is 1.21. The molecule has 0 aliphatic heterocycles. The van der Waals surface area contributed by atoms with Gasteiger partial charge in [-0.05, 0) is 6.07 Å². The number of aromatic nitrogens is 2. The van der Waals surface area contributed by atoms with Crippen LogP contribution in [0.2, 0.25) is 0 Å². The van der Waals surface area contributed by atoms with E-state index in [-0.39, 0.29) is 17.9 Å². The number of rotatable bonds is 4. The van der Waals surface area contributed by atoms with E-state index in [1.807, 2.05) is 13.8 Å². The van der Waals surface area contributed by atoms with Crippen molar-refractivity contribution in [1.82, 2.24) is 15.5 Å². The number of methoxy groups -OCH3 is 1. The maximum atomic E-state index is 11.8. The maximum absolute atomic E-state index is 11.8. The van der Waals surface area contributed by atoms with Crippen LogP contribution in [-0.2, 0) is 9.53 Å². The summed E-state index contributed by atoms with van der Waals surface area (Å²) in [5, 5.41) is 19.7. The summed E-state index contributed by atoms with van der Waals surface area (Å²) in [4.78, 5) is 32.8. The molecular formula is C13H16N4O5. The van der Waals surface area contributed by atoms with Crippen LogP contribution in [0.1, 0.15) is 24.3 Å². The minimum Gasteiger partial charge on any atom is -0.468 e. The number of aromatic amines is 1. The molecule has 1 amide bonds. The Morgan fingerprint density at radius 3 is 2.68 bits per heavy atom. The third-order valence-electron chi connectivity index (χ3n) is 2.59. The fourth-order valence-corrected chi connectivity index (χ4v) is 1.60. The number of nitro groups is 1. The lowest BCUT2D eigenvalue weighted by atomic mass is 10.2. The molecule has 0 saturated heterocycles. The summed E-state index contributed by atoms with van der Waals surface area (Å²) in [5.74, 6) is -1.16. The Morgan fingerprint density at radius 2 is 2.09 bits per heavy atom. The van der Waals surface area contributed by atoms with E-state index in [9.17, 15) is 19.7 Å². The number of amides is 1. The smallest absolute Gasteiger partial charge is 0.325 e. The van der Waals surface area contributed by atoms with Gasteiger partial charge in [0.2, 0.25) is 0 Å². The fraction of sp³-hybridized carbons (Fsp3) is 0.308. The molecule has 2 N–H and O–H groups in total. The molecule has 0 atom stereocenters. The molecule has 0 spiro atoms. The molecule has 118 valence electrons. The molecule has 9 nitrogen and oxygen atoms in total. The van der Waals surface area contributed by atoms with Gasteiger partial charge in [0.15, 0.2) is 5.69 Å². The first-order chi connectivity index (χ1) is 10.5. The number of nitro benzene ring substituents is 1. The number of nitrogens with zero attached hydrogens (tertiary/aromatic N) is 2. The highest BCUT2D eigenvalue weighted by Crippen LogP contribution is 2.21. The third-order valence-corrected chi connectivity index (χ3v) is 2.59. The Labute approximate surface area is 125 Å². The largest absolute Gasteiger partial charge is 0.468 e. The predicted molar refractivity (Wildman–Crippen MR) is 78.4 cm³/mol. The second-order valence-electron chi connectivity index (χ2n) is 3.82. The topological polar surface area (TPSA) is 127 Å². The van der Waals surface area contributed by atoms with Crippen molar-refractivity contribution in [3.8, 4) is 0 Å². The van der Waals surface area contributed by atoms with Gasteiger partial charge in [-0.3, -0.25) is 24.8 Å². The van der Waals surface area contributed by atoms with Crippen molar-refractivity contribution in [2.24, 2.45) is 0 Å². The van der Waals surface area contributed by atoms with Crippen LogP contribution in [0.5, 0.6) is 0 Å². The summed E-state index contributed by atoms with van der Waals surface area (Å²) < 4.78 is 4.39. The van der Waals surface area contributed by atoms with Crippen LogP contribution in [-0.4, -0.2) is 40.7 Å². The maximum Gasteiger partial charge on any atom is 0.325 e. The first kappa shape index (κ1) is 17.1. The summed E-state index contributed by atoms with van der Waals surface area (Å²) in [6, 6.07) is 3.97. The SMILES string of the molecule is CC.COC(=O)CNC(=O)c1n[nH]c2cc([N+](=O)[O-])ccc12. The van der Waals surface area contributed by atoms with E-state index >= 15 is 0 Å². The lowest BCUT2D eigenvalue weighted by molar-refractivity contribution is -0.384. The third kappa shape index (κ3) is 3.78. The average molecular weight is 308 g/mol. The fourth-order valence-electron chi connectivity index (χ4n) is 1.60. The standard InChI is InChI=1S/C11H10N4O5.C2H6/c1-20-9(16)5-12-11(17)10-7-3-2-6(15(18)19)4-8(7)13-14-10;1-2/h2-4H,5H2,1H3,(H,12,17)(H,13,14);1-2H3. The van der Waals surface area contributed by atoms with Crippen LogP contribution in [0.25, 0.3) is 10.9 Å². The number of hydrogen-bond acceptors (Lipinski definition) is 6. The van der Waals surface area contributed by atoms with E-state index < -0.39 is 16.8 Å². The van der Waals surface area contributed by atoms with Crippen molar-refractivity contribution in [3.63, 3.8) is 0 Å². The van der Waals surface area contributed by atoms with E-state index in [1.54, 1.807) is 0 Å². The van der Waals surface area contributed by atoms with Gasteiger partial charge in [-0.2, -0.15) is 5.10 Å². The zero-order valence-electron chi connectivity index (χ0n) is 12.4. The molecule has 2 rings (SSSR count). The van der Waals surface area contributed by atoms with Crippen molar-refractivity contribution in [2.75, 3.05) is 13.7 Å². The van der Waals surface area contributed by atoms with E-state index in [0.717, 1.165) is 0 Å². The molecule has 0 aliphatic carbocycles. The molecular weight excluding hydrogens is 292 g/mol. The number of nitrogens with one attached hydrogen (secondary N) is 2. The molecule has 0 radical (unpaired) electrons. The van der Waals surface area contributed by atoms with Crippen LogP contribution in [0.4, 0.5) is 5.69 Å². The number of carbonyl (C=O) groups excluding carboxylic acids is 2. The highest BCUT2D eigenvalue weighted by Gasteiger charge is 2.17. The first-order valence-corrected chi connectivity index (χ1v) is 6.50. The van der Waals surface area contributed by atoms with E-state index in [2.05, 4.69) is 20.3 Å². The highest BCUT2D eigenvalue weighted by molar-refractivity contribution is 6.05. The normalized spacial score (nSPS) is 9.59. The summed E-state index contributed by atoms with van der Waals surface area (Å²) in [6.45, 7) is 3.72. The summed E-state index contributed by atoms with van der Waals surface area (Å²) in [6.07, 6.45) is 0. The van der Waals surface area contributed by atoms with Gasteiger partial charge in [0.1, 0.15) is 6.54 Å². The molecule has 0 aliphatic rings. The van der Waals surface area contributed by atoms with Crippen molar-refractivity contribution < 1.29 is 19.2 Å². The Morgan fingerprint density at radius 1 is 1.41 bits per heavy atom. The predicted octanol–water partition coefficient (Wildman–Crippen LogP) is 1.40. The lowest BCUT2D eigenvalue weighted by Gasteiger charge is -2.01. The van der Waals surface area contributed by atoms with Crippen molar-refractivity contribution in [2.45, 2.75) is 13.8 Å². The number of non-ortho nitro benzene ring substituents is 1. The molecule has 1 aromatic heterocycles. The number of ether oxygens (including phenoxy) is 1. The first-order valence-electron chi connectivity index (χ1n) is 6.50. The van der Waals surface area contributed by atoms with Crippen LogP contribution in [0.3, 0.4) is 0 Å². The quantitative estimate of drug-likeness (QED) is 0.499. The average Bonchev–Trinajstić information content (AvgIpc) is 2.97. The second kappa shape index (κ2) is 7.72. The van der Waals surface area contributed by atoms with Gasteiger partial charge in [-0.25, -0.2) is 0 Å². The molecule has 0 bridgehead atoms. The minimum atomic E-state index is -0.589. The molecule has 2 aromatic rings. The van der Waals surface area contributed by atoms with Gasteiger partial charge in [0, 0.05) is 17.5 Å². The van der Waals surface area contributed by atoms with E-state index in [0.29, 0.717) is 10.9 Å². The highest BCUT2D eigenvalue weighted by atomic mass is 16.6. The molecule has 9 heteroatoms. The van der Waals surface area contributed by atoms with Gasteiger partial charge in [0.25, 0.3) is 11.6 Å². The molecule has 1 heterocycles. The zero-order valence-corrected chi connectivity index (χ0v) is 12.4. The second-order valence-corrected chi connectivity index (χ2v) is 3.82. The van der Waals surface area contributed by atoms with Crippen LogP contribution >= 0.6 is 0 Å². The van der Waals surface area contributed by atoms with E-state index in [4.69, 9.17) is 0 Å². The summed E-state index contributed by atoms with van der Waals surface area (Å²) in [5.41, 5.74) is 0.309. The number of hydrogen-bond donors (Lipinski definition) is 2. The van der Waals surface area contributed by atoms with Crippen LogP contribution < -0.4 is 5.32 Å². The van der Waals surface area contributed by atoms with Gasteiger partial charge in [0.05, 0.1) is 17.5 Å². The monoisotopic (exact) mass is 308 g/mol. The Hall–Kier alpha value is -2.97.